The minimum Gasteiger partial charge on any atom is -0.494 e. The topological polar surface area (TPSA) is 80.4 Å². The molecule has 6 nitrogen and oxygen atoms in total. The summed E-state index contributed by atoms with van der Waals surface area (Å²) in [5, 5.41) is 17.6. The van der Waals surface area contributed by atoms with Crippen LogP contribution in [0.1, 0.15) is 18.7 Å². The van der Waals surface area contributed by atoms with Gasteiger partial charge in [0.05, 0.1) is 7.11 Å². The van der Waals surface area contributed by atoms with Crippen molar-refractivity contribution in [1.29, 1.82) is 0 Å². The van der Waals surface area contributed by atoms with E-state index < -0.39 is 11.4 Å². The van der Waals surface area contributed by atoms with Crippen LogP contribution in [-0.2, 0) is 5.60 Å². The van der Waals surface area contributed by atoms with Gasteiger partial charge in [0.2, 0.25) is 5.82 Å². The number of hydrogen-bond donors (Lipinski definition) is 2. The highest BCUT2D eigenvalue weighted by atomic mass is 19.1. The van der Waals surface area contributed by atoms with Crippen molar-refractivity contribution in [3.05, 3.63) is 29.9 Å². The molecule has 2 heterocycles. The Morgan fingerprint density at radius 3 is 2.86 bits per heavy atom. The van der Waals surface area contributed by atoms with Crippen molar-refractivity contribution in [3.63, 3.8) is 0 Å². The molecule has 2 aromatic rings. The minimum atomic E-state index is -1.10. The van der Waals surface area contributed by atoms with Gasteiger partial charge in [-0.25, -0.2) is 4.39 Å². The van der Waals surface area contributed by atoms with E-state index in [0.29, 0.717) is 37.3 Å². The molecule has 0 saturated carbocycles. The fourth-order valence-electron chi connectivity index (χ4n) is 2.38. The molecule has 0 radical (unpaired) electrons. The molecule has 1 fully saturated rings. The highest BCUT2D eigenvalue weighted by Gasteiger charge is 2.37. The molecule has 2 N–H and O–H groups in total. The van der Waals surface area contributed by atoms with Crippen LogP contribution in [0, 0.1) is 5.82 Å². The summed E-state index contributed by atoms with van der Waals surface area (Å²) in [6.45, 7) is 1.39. The Labute approximate surface area is 120 Å². The van der Waals surface area contributed by atoms with Crippen molar-refractivity contribution in [2.45, 2.75) is 18.4 Å². The smallest absolute Gasteiger partial charge is 0.259 e. The summed E-state index contributed by atoms with van der Waals surface area (Å²) in [7, 11) is 1.39. The Balaban J connectivity index is 1.91. The second-order valence-corrected chi connectivity index (χ2v) is 5.05. The lowest BCUT2D eigenvalue weighted by atomic mass is 9.92. The van der Waals surface area contributed by atoms with Gasteiger partial charge in [0.15, 0.2) is 11.6 Å². The molecule has 1 aliphatic rings. The van der Waals surface area contributed by atoms with Crippen molar-refractivity contribution in [1.82, 2.24) is 15.5 Å². The van der Waals surface area contributed by atoms with Crippen molar-refractivity contribution in [3.8, 4) is 17.1 Å². The van der Waals surface area contributed by atoms with Gasteiger partial charge in [-0.2, -0.15) is 4.98 Å². The zero-order chi connectivity index (χ0) is 14.9. The van der Waals surface area contributed by atoms with Crippen LogP contribution in [-0.4, -0.2) is 35.4 Å². The molecule has 1 aliphatic heterocycles. The highest BCUT2D eigenvalue weighted by molar-refractivity contribution is 5.57. The Hall–Kier alpha value is -1.99. The molecule has 1 saturated heterocycles. The lowest BCUT2D eigenvalue weighted by Crippen LogP contribution is -2.39. The summed E-state index contributed by atoms with van der Waals surface area (Å²) in [6.07, 6.45) is 1.03. The van der Waals surface area contributed by atoms with Crippen LogP contribution < -0.4 is 10.1 Å². The van der Waals surface area contributed by atoms with E-state index in [-0.39, 0.29) is 11.6 Å². The van der Waals surface area contributed by atoms with E-state index >= 15 is 0 Å². The predicted molar refractivity (Wildman–Crippen MR) is 72.2 cm³/mol. The molecule has 21 heavy (non-hydrogen) atoms. The van der Waals surface area contributed by atoms with Gasteiger partial charge >= 0.3 is 0 Å². The lowest BCUT2D eigenvalue weighted by molar-refractivity contribution is -0.0228. The van der Waals surface area contributed by atoms with Crippen LogP contribution in [0.5, 0.6) is 5.75 Å². The molecule has 112 valence electrons. The first-order valence-electron chi connectivity index (χ1n) is 6.73. The summed E-state index contributed by atoms with van der Waals surface area (Å²) in [5.41, 5.74) is -0.526. The average Bonchev–Trinajstić information content (AvgIpc) is 2.99. The molecule has 0 aliphatic carbocycles. The van der Waals surface area contributed by atoms with Gasteiger partial charge in [0.1, 0.15) is 5.60 Å². The van der Waals surface area contributed by atoms with Crippen molar-refractivity contribution in [2.24, 2.45) is 0 Å². The van der Waals surface area contributed by atoms with E-state index in [1.54, 1.807) is 6.07 Å². The minimum absolute atomic E-state index is 0.111. The second kappa shape index (κ2) is 5.42. The molecule has 0 amide bonds. The van der Waals surface area contributed by atoms with Crippen LogP contribution in [0.2, 0.25) is 0 Å². The predicted octanol–water partition coefficient (Wildman–Crippen LogP) is 1.46. The lowest BCUT2D eigenvalue weighted by Gasteiger charge is -2.28. The molecule has 0 spiro atoms. The summed E-state index contributed by atoms with van der Waals surface area (Å²) in [5.74, 6) is 0.152. The first kappa shape index (κ1) is 14.0. The van der Waals surface area contributed by atoms with Gasteiger partial charge in [-0.3, -0.25) is 0 Å². The quantitative estimate of drug-likeness (QED) is 0.891. The number of aliphatic hydroxyl groups is 1. The highest BCUT2D eigenvalue weighted by Crippen LogP contribution is 2.31. The number of halogens is 1. The molecule has 7 heteroatoms. The molecular formula is C14H16FN3O3. The Morgan fingerprint density at radius 1 is 1.38 bits per heavy atom. The fraction of sp³-hybridized carbons (Fsp3) is 0.429. The van der Waals surface area contributed by atoms with Gasteiger partial charge in [-0.1, -0.05) is 5.16 Å². The first-order valence-corrected chi connectivity index (χ1v) is 6.73. The summed E-state index contributed by atoms with van der Waals surface area (Å²) >= 11 is 0. The van der Waals surface area contributed by atoms with E-state index in [2.05, 4.69) is 15.5 Å². The van der Waals surface area contributed by atoms with E-state index in [1.165, 1.54) is 19.2 Å². The number of methoxy groups -OCH3 is 1. The molecule has 1 aromatic carbocycles. The van der Waals surface area contributed by atoms with Gasteiger partial charge in [0.25, 0.3) is 5.89 Å². The Bertz CT molecular complexity index is 638. The second-order valence-electron chi connectivity index (χ2n) is 5.05. The zero-order valence-corrected chi connectivity index (χ0v) is 11.6. The number of ether oxygens (including phenoxy) is 1. The average molecular weight is 293 g/mol. The zero-order valence-electron chi connectivity index (χ0n) is 11.6. The van der Waals surface area contributed by atoms with Crippen LogP contribution in [0.25, 0.3) is 11.4 Å². The van der Waals surface area contributed by atoms with Crippen molar-refractivity contribution in [2.75, 3.05) is 20.2 Å². The van der Waals surface area contributed by atoms with Crippen LogP contribution in [0.15, 0.2) is 22.7 Å². The molecule has 1 aromatic heterocycles. The third-order valence-corrected chi connectivity index (χ3v) is 3.66. The van der Waals surface area contributed by atoms with Gasteiger partial charge in [-0.15, -0.1) is 0 Å². The number of piperidine rings is 1. The van der Waals surface area contributed by atoms with Gasteiger partial charge in [0, 0.05) is 5.56 Å². The molecule has 0 unspecified atom stereocenters. The van der Waals surface area contributed by atoms with Crippen LogP contribution >= 0.6 is 0 Å². The number of rotatable bonds is 3. The summed E-state index contributed by atoms with van der Waals surface area (Å²) in [4.78, 5) is 4.25. The number of aromatic nitrogens is 2. The normalized spacial score (nSPS) is 17.7. The van der Waals surface area contributed by atoms with Crippen molar-refractivity contribution >= 4 is 0 Å². The number of nitrogens with one attached hydrogen (secondary N) is 1. The third kappa shape index (κ3) is 2.62. The molecule has 0 atom stereocenters. The first-order chi connectivity index (χ1) is 10.1. The molecule has 3 rings (SSSR count). The largest absolute Gasteiger partial charge is 0.494 e. The van der Waals surface area contributed by atoms with E-state index in [0.717, 1.165) is 0 Å². The van der Waals surface area contributed by atoms with Gasteiger partial charge < -0.3 is 19.7 Å². The number of nitrogens with zero attached hydrogens (tertiary/aromatic N) is 2. The monoisotopic (exact) mass is 293 g/mol. The van der Waals surface area contributed by atoms with Crippen LogP contribution in [0.4, 0.5) is 4.39 Å². The standard InChI is InChI=1S/C14H16FN3O3/c1-20-11-8-9(2-3-10(11)15)12-17-13(21-18-12)14(19)4-6-16-7-5-14/h2-3,8,16,19H,4-7H2,1H3. The van der Waals surface area contributed by atoms with Gasteiger partial charge in [-0.05, 0) is 44.1 Å². The SMILES string of the molecule is COc1cc(-c2noc(C3(O)CCNCC3)n2)ccc1F. The molecular weight excluding hydrogens is 277 g/mol. The molecule has 0 bridgehead atoms. The summed E-state index contributed by atoms with van der Waals surface area (Å²) < 4.78 is 23.5. The summed E-state index contributed by atoms with van der Waals surface area (Å²) in [6, 6.07) is 4.32. The third-order valence-electron chi connectivity index (χ3n) is 3.66. The van der Waals surface area contributed by atoms with Crippen molar-refractivity contribution < 1.29 is 18.8 Å². The maximum Gasteiger partial charge on any atom is 0.259 e. The maximum atomic E-state index is 13.4. The number of benzene rings is 1. The Morgan fingerprint density at radius 2 is 2.14 bits per heavy atom. The van der Waals surface area contributed by atoms with E-state index in [4.69, 9.17) is 9.26 Å². The van der Waals surface area contributed by atoms with Crippen LogP contribution in [0.3, 0.4) is 0 Å². The Kier molecular flexibility index (Phi) is 3.60. The number of hydrogen-bond acceptors (Lipinski definition) is 6. The van der Waals surface area contributed by atoms with E-state index in [9.17, 15) is 9.50 Å². The van der Waals surface area contributed by atoms with E-state index in [1.807, 2.05) is 0 Å². The fourth-order valence-corrected chi connectivity index (χ4v) is 2.38. The maximum absolute atomic E-state index is 13.4.